The van der Waals surface area contributed by atoms with Crippen LogP contribution in [0.3, 0.4) is 0 Å². The zero-order chi connectivity index (χ0) is 21.5. The summed E-state index contributed by atoms with van der Waals surface area (Å²) in [5.74, 6) is -0.710. The third kappa shape index (κ3) is 8.26. The van der Waals surface area contributed by atoms with Gasteiger partial charge in [-0.25, -0.2) is 8.42 Å². The summed E-state index contributed by atoms with van der Waals surface area (Å²) in [4.78, 5) is 24.2. The van der Waals surface area contributed by atoms with Crippen LogP contribution in [0.2, 0.25) is 0 Å². The van der Waals surface area contributed by atoms with Crippen LogP contribution in [0.5, 0.6) is 5.75 Å². The van der Waals surface area contributed by atoms with Crippen LogP contribution in [0.4, 0.5) is 0 Å². The Kier molecular flexibility index (Phi) is 8.44. The Morgan fingerprint density at radius 1 is 1.11 bits per heavy atom. The largest absolute Gasteiger partial charge is 0.497 e. The van der Waals surface area contributed by atoms with Crippen molar-refractivity contribution in [1.82, 2.24) is 10.0 Å². The van der Waals surface area contributed by atoms with Gasteiger partial charge in [0.15, 0.2) is 6.61 Å². The van der Waals surface area contributed by atoms with Crippen LogP contribution in [0.25, 0.3) is 0 Å². The molecule has 1 amide bonds. The Morgan fingerprint density at radius 2 is 1.68 bits per heavy atom. The maximum atomic E-state index is 12.6. The SMILES string of the molecule is COc1ccc(S(=O)(=O)N[C@H](CC(C)C)C(=O)OCC(=O)NC(C)(C)C)cc1. The van der Waals surface area contributed by atoms with E-state index in [1.54, 1.807) is 20.8 Å². The third-order valence-electron chi connectivity index (χ3n) is 3.52. The second kappa shape index (κ2) is 9.88. The molecule has 0 bridgehead atoms. The van der Waals surface area contributed by atoms with Crippen LogP contribution in [0.15, 0.2) is 29.2 Å². The summed E-state index contributed by atoms with van der Waals surface area (Å²) in [5.41, 5.74) is -0.462. The Hall–Kier alpha value is -2.13. The molecule has 0 radical (unpaired) electrons. The fourth-order valence-electron chi connectivity index (χ4n) is 2.37. The van der Waals surface area contributed by atoms with Gasteiger partial charge in [-0.3, -0.25) is 9.59 Å². The minimum Gasteiger partial charge on any atom is -0.497 e. The van der Waals surface area contributed by atoms with Gasteiger partial charge in [0, 0.05) is 5.54 Å². The van der Waals surface area contributed by atoms with Crippen molar-refractivity contribution in [2.24, 2.45) is 5.92 Å². The number of sulfonamides is 1. The predicted molar refractivity (Wildman–Crippen MR) is 105 cm³/mol. The van der Waals surface area contributed by atoms with Gasteiger partial charge in [-0.05, 0) is 57.4 Å². The van der Waals surface area contributed by atoms with Crippen LogP contribution < -0.4 is 14.8 Å². The Bertz CT molecular complexity index is 767. The minimum atomic E-state index is -3.95. The molecule has 0 saturated heterocycles. The van der Waals surface area contributed by atoms with E-state index < -0.39 is 40.1 Å². The van der Waals surface area contributed by atoms with Crippen LogP contribution in [-0.2, 0) is 24.3 Å². The van der Waals surface area contributed by atoms with Gasteiger partial charge in [0.25, 0.3) is 5.91 Å². The molecule has 0 spiro atoms. The number of carbonyl (C=O) groups excluding carboxylic acids is 2. The zero-order valence-corrected chi connectivity index (χ0v) is 18.1. The molecule has 0 aliphatic carbocycles. The van der Waals surface area contributed by atoms with E-state index in [9.17, 15) is 18.0 Å². The lowest BCUT2D eigenvalue weighted by Gasteiger charge is -2.22. The third-order valence-corrected chi connectivity index (χ3v) is 5.01. The molecule has 1 atom stereocenters. The molecule has 1 rings (SSSR count). The molecular formula is C19H30N2O6S. The summed E-state index contributed by atoms with van der Waals surface area (Å²) in [5, 5.41) is 2.67. The van der Waals surface area contributed by atoms with Crippen molar-refractivity contribution in [3.05, 3.63) is 24.3 Å². The molecule has 0 aromatic heterocycles. The molecule has 0 aliphatic heterocycles. The number of hydrogen-bond donors (Lipinski definition) is 2. The first-order chi connectivity index (χ1) is 12.8. The maximum absolute atomic E-state index is 12.6. The first-order valence-corrected chi connectivity index (χ1v) is 10.5. The van der Waals surface area contributed by atoms with E-state index in [0.717, 1.165) is 0 Å². The smallest absolute Gasteiger partial charge is 0.324 e. The van der Waals surface area contributed by atoms with Crippen molar-refractivity contribution < 1.29 is 27.5 Å². The highest BCUT2D eigenvalue weighted by molar-refractivity contribution is 7.89. The van der Waals surface area contributed by atoms with E-state index >= 15 is 0 Å². The van der Waals surface area contributed by atoms with E-state index in [1.165, 1.54) is 31.4 Å². The van der Waals surface area contributed by atoms with Gasteiger partial charge in [0.05, 0.1) is 12.0 Å². The monoisotopic (exact) mass is 414 g/mol. The van der Waals surface area contributed by atoms with E-state index in [1.807, 2.05) is 13.8 Å². The number of amides is 1. The van der Waals surface area contributed by atoms with E-state index in [2.05, 4.69) is 10.0 Å². The van der Waals surface area contributed by atoms with Gasteiger partial charge in [-0.1, -0.05) is 13.8 Å². The molecule has 1 aromatic carbocycles. The standard InChI is InChI=1S/C19H30N2O6S/c1-13(2)11-16(18(23)27-12-17(22)20-19(3,4)5)21-28(24,25)15-9-7-14(26-6)8-10-15/h7-10,13,16,21H,11-12H2,1-6H3,(H,20,22)/t16-/m1/s1. The summed E-state index contributed by atoms with van der Waals surface area (Å²) in [6.07, 6.45) is 0.231. The topological polar surface area (TPSA) is 111 Å². The number of rotatable bonds is 9. The molecule has 0 aliphatic rings. The van der Waals surface area contributed by atoms with Crippen molar-refractivity contribution in [1.29, 1.82) is 0 Å². The van der Waals surface area contributed by atoms with Gasteiger partial charge in [0.2, 0.25) is 10.0 Å². The maximum Gasteiger partial charge on any atom is 0.324 e. The molecule has 8 nitrogen and oxygen atoms in total. The van der Waals surface area contributed by atoms with Crippen LogP contribution in [0.1, 0.15) is 41.0 Å². The second-order valence-electron chi connectivity index (χ2n) is 7.88. The van der Waals surface area contributed by atoms with Gasteiger partial charge < -0.3 is 14.8 Å². The summed E-state index contributed by atoms with van der Waals surface area (Å²) < 4.78 is 37.7. The molecule has 158 valence electrons. The van der Waals surface area contributed by atoms with E-state index in [0.29, 0.717) is 5.75 Å². The highest BCUT2D eigenvalue weighted by Crippen LogP contribution is 2.17. The van der Waals surface area contributed by atoms with Crippen molar-refractivity contribution >= 4 is 21.9 Å². The molecule has 0 unspecified atom stereocenters. The quantitative estimate of drug-likeness (QED) is 0.597. The van der Waals surface area contributed by atoms with Crippen molar-refractivity contribution in [3.63, 3.8) is 0 Å². The highest BCUT2D eigenvalue weighted by Gasteiger charge is 2.28. The van der Waals surface area contributed by atoms with Crippen molar-refractivity contribution in [2.45, 2.75) is 57.5 Å². The Balaban J connectivity index is 2.85. The minimum absolute atomic E-state index is 0.000307. The number of methoxy groups -OCH3 is 1. The lowest BCUT2D eigenvalue weighted by atomic mass is 10.1. The van der Waals surface area contributed by atoms with Crippen LogP contribution in [0, 0.1) is 5.92 Å². The lowest BCUT2D eigenvalue weighted by Crippen LogP contribution is -2.45. The second-order valence-corrected chi connectivity index (χ2v) is 9.60. The van der Waals surface area contributed by atoms with Gasteiger partial charge in [-0.15, -0.1) is 0 Å². The summed E-state index contributed by atoms with van der Waals surface area (Å²) in [6, 6.07) is 4.70. The average Bonchev–Trinajstić information content (AvgIpc) is 2.57. The summed E-state index contributed by atoms with van der Waals surface area (Å²) in [6.45, 7) is 8.64. The molecule has 0 heterocycles. The molecule has 2 N–H and O–H groups in total. The average molecular weight is 415 g/mol. The number of esters is 1. The number of carbonyl (C=O) groups is 2. The number of hydrogen-bond acceptors (Lipinski definition) is 6. The first-order valence-electron chi connectivity index (χ1n) is 8.98. The number of benzene rings is 1. The molecule has 0 fully saturated rings. The van der Waals surface area contributed by atoms with Gasteiger partial charge >= 0.3 is 5.97 Å². The van der Waals surface area contributed by atoms with E-state index in [-0.39, 0.29) is 17.2 Å². The van der Waals surface area contributed by atoms with E-state index in [4.69, 9.17) is 9.47 Å². The normalized spacial score (nSPS) is 13.1. The van der Waals surface area contributed by atoms with Crippen LogP contribution in [-0.4, -0.2) is 45.6 Å². The van der Waals surface area contributed by atoms with Gasteiger partial charge in [-0.2, -0.15) is 4.72 Å². The molecule has 28 heavy (non-hydrogen) atoms. The van der Waals surface area contributed by atoms with Crippen molar-refractivity contribution in [3.8, 4) is 5.75 Å². The summed E-state index contributed by atoms with van der Waals surface area (Å²) >= 11 is 0. The Labute approximate surface area is 167 Å². The predicted octanol–water partition coefficient (Wildman–Crippen LogP) is 1.85. The van der Waals surface area contributed by atoms with Crippen LogP contribution >= 0.6 is 0 Å². The molecular weight excluding hydrogens is 384 g/mol. The Morgan fingerprint density at radius 3 is 2.14 bits per heavy atom. The fourth-order valence-corrected chi connectivity index (χ4v) is 3.56. The lowest BCUT2D eigenvalue weighted by molar-refractivity contribution is -0.150. The summed E-state index contributed by atoms with van der Waals surface area (Å²) in [7, 11) is -2.47. The molecule has 9 heteroatoms. The fraction of sp³-hybridized carbons (Fsp3) is 0.579. The van der Waals surface area contributed by atoms with Gasteiger partial charge in [0.1, 0.15) is 11.8 Å². The number of ether oxygens (including phenoxy) is 2. The first kappa shape index (κ1) is 23.9. The zero-order valence-electron chi connectivity index (χ0n) is 17.2. The molecule has 1 aromatic rings. The van der Waals surface area contributed by atoms with Crippen molar-refractivity contribution in [2.75, 3.05) is 13.7 Å². The number of nitrogens with one attached hydrogen (secondary N) is 2. The highest BCUT2D eigenvalue weighted by atomic mass is 32.2. The molecule has 0 saturated carbocycles.